The molecule has 1 saturated carbocycles. The normalized spacial score (nSPS) is 26.8. The minimum absolute atomic E-state index is 0.0857. The van der Waals surface area contributed by atoms with E-state index < -0.39 is 12.0 Å². The number of ether oxygens (including phenoxy) is 1. The molecule has 2 N–H and O–H groups in total. The second-order valence-corrected chi connectivity index (χ2v) is 5.28. The molecule has 0 radical (unpaired) electrons. The summed E-state index contributed by atoms with van der Waals surface area (Å²) < 4.78 is 5.16. The van der Waals surface area contributed by atoms with Crippen LogP contribution in [0.3, 0.4) is 0 Å². The second kappa shape index (κ2) is 6.18. The monoisotopic (exact) mass is 255 g/mol. The van der Waals surface area contributed by atoms with Crippen LogP contribution >= 0.6 is 0 Å². The smallest absolute Gasteiger partial charge is 0.326 e. The molecule has 2 aliphatic rings. The van der Waals surface area contributed by atoms with Gasteiger partial charge in [-0.2, -0.15) is 0 Å². The molecule has 2 atom stereocenters. The summed E-state index contributed by atoms with van der Waals surface area (Å²) in [6.07, 6.45) is 5.81. The van der Waals surface area contributed by atoms with Gasteiger partial charge in [-0.3, -0.25) is 4.79 Å². The van der Waals surface area contributed by atoms with Crippen molar-refractivity contribution in [3.05, 3.63) is 0 Å². The lowest BCUT2D eigenvalue weighted by Crippen LogP contribution is -2.48. The third-order valence-electron chi connectivity index (χ3n) is 3.99. The van der Waals surface area contributed by atoms with Crippen LogP contribution in [0.5, 0.6) is 0 Å². The number of aliphatic carboxylic acids is 1. The Kier molecular flexibility index (Phi) is 4.58. The summed E-state index contributed by atoms with van der Waals surface area (Å²) in [7, 11) is 0. The van der Waals surface area contributed by atoms with Gasteiger partial charge in [-0.1, -0.05) is 19.3 Å². The van der Waals surface area contributed by atoms with E-state index in [1.165, 1.54) is 6.42 Å². The van der Waals surface area contributed by atoms with Crippen LogP contribution in [0.15, 0.2) is 0 Å². The van der Waals surface area contributed by atoms with E-state index in [9.17, 15) is 14.7 Å². The summed E-state index contributed by atoms with van der Waals surface area (Å²) in [6.45, 7) is 1.02. The molecule has 0 aromatic heterocycles. The number of carboxylic acid groups (broad SMARTS) is 1. The fraction of sp³-hybridized carbons (Fsp3) is 0.846. The summed E-state index contributed by atoms with van der Waals surface area (Å²) >= 11 is 0. The first-order chi connectivity index (χ1) is 8.68. The van der Waals surface area contributed by atoms with Crippen molar-refractivity contribution in [2.75, 3.05) is 13.2 Å². The molecular formula is C13H21NO4. The predicted molar refractivity (Wildman–Crippen MR) is 65.1 cm³/mol. The lowest BCUT2D eigenvalue weighted by atomic mass is 9.83. The molecule has 0 bridgehead atoms. The quantitative estimate of drug-likeness (QED) is 0.790. The number of amides is 1. The molecule has 0 aromatic carbocycles. The van der Waals surface area contributed by atoms with Gasteiger partial charge in [0.2, 0.25) is 5.91 Å². The number of carbonyl (C=O) groups excluding carboxylic acids is 1. The summed E-state index contributed by atoms with van der Waals surface area (Å²) in [5.74, 6) is -1.15. The molecule has 1 amide bonds. The average Bonchev–Trinajstić information content (AvgIpc) is 2.90. The van der Waals surface area contributed by atoms with E-state index in [4.69, 9.17) is 4.74 Å². The van der Waals surface area contributed by atoms with Crippen LogP contribution in [0.4, 0.5) is 0 Å². The number of carboxylic acids is 1. The summed E-state index contributed by atoms with van der Waals surface area (Å²) in [5, 5.41) is 12.0. The van der Waals surface area contributed by atoms with Crippen molar-refractivity contribution in [1.29, 1.82) is 0 Å². The molecule has 0 unspecified atom stereocenters. The number of hydrogen-bond acceptors (Lipinski definition) is 3. The lowest BCUT2D eigenvalue weighted by Gasteiger charge is -2.28. The van der Waals surface area contributed by atoms with E-state index in [1.54, 1.807) is 0 Å². The first-order valence-electron chi connectivity index (χ1n) is 6.79. The zero-order valence-corrected chi connectivity index (χ0v) is 10.6. The van der Waals surface area contributed by atoms with Crippen LogP contribution in [-0.4, -0.2) is 36.2 Å². The van der Waals surface area contributed by atoms with Gasteiger partial charge in [0.25, 0.3) is 0 Å². The van der Waals surface area contributed by atoms with Gasteiger partial charge >= 0.3 is 5.97 Å². The van der Waals surface area contributed by atoms with Crippen LogP contribution < -0.4 is 5.32 Å². The molecule has 18 heavy (non-hydrogen) atoms. The first-order valence-corrected chi connectivity index (χ1v) is 6.79. The Morgan fingerprint density at radius 1 is 1.17 bits per heavy atom. The maximum atomic E-state index is 11.9. The summed E-state index contributed by atoms with van der Waals surface area (Å²) in [4.78, 5) is 23.3. The van der Waals surface area contributed by atoms with Crippen molar-refractivity contribution in [1.82, 2.24) is 5.32 Å². The lowest BCUT2D eigenvalue weighted by molar-refractivity contribution is -0.144. The van der Waals surface area contributed by atoms with Crippen LogP contribution in [0.25, 0.3) is 0 Å². The second-order valence-electron chi connectivity index (χ2n) is 5.28. The SMILES string of the molecule is O=C(N[C@@H](C(=O)O)C1CCCCC1)[C@@H]1CCOC1. The molecule has 1 saturated heterocycles. The van der Waals surface area contributed by atoms with Crippen LogP contribution in [0.1, 0.15) is 38.5 Å². The van der Waals surface area contributed by atoms with Gasteiger partial charge in [-0.05, 0) is 25.2 Å². The fourth-order valence-corrected chi connectivity index (χ4v) is 2.86. The predicted octanol–water partition coefficient (Wildman–Crippen LogP) is 1.17. The van der Waals surface area contributed by atoms with E-state index in [-0.39, 0.29) is 17.7 Å². The van der Waals surface area contributed by atoms with Crippen LogP contribution in [0.2, 0.25) is 0 Å². The van der Waals surface area contributed by atoms with E-state index in [0.717, 1.165) is 25.7 Å². The van der Waals surface area contributed by atoms with E-state index in [0.29, 0.717) is 19.6 Å². The van der Waals surface area contributed by atoms with E-state index in [1.807, 2.05) is 0 Å². The van der Waals surface area contributed by atoms with Crippen molar-refractivity contribution in [3.63, 3.8) is 0 Å². The van der Waals surface area contributed by atoms with Gasteiger partial charge in [-0.15, -0.1) is 0 Å². The van der Waals surface area contributed by atoms with Crippen molar-refractivity contribution < 1.29 is 19.4 Å². The molecule has 5 heteroatoms. The zero-order chi connectivity index (χ0) is 13.0. The number of carbonyl (C=O) groups is 2. The third-order valence-corrected chi connectivity index (χ3v) is 3.99. The third kappa shape index (κ3) is 3.22. The average molecular weight is 255 g/mol. The maximum Gasteiger partial charge on any atom is 0.326 e. The highest BCUT2D eigenvalue weighted by atomic mass is 16.5. The molecule has 2 rings (SSSR count). The Hall–Kier alpha value is -1.10. The molecule has 5 nitrogen and oxygen atoms in total. The van der Waals surface area contributed by atoms with Gasteiger partial charge in [0, 0.05) is 6.61 Å². The number of hydrogen-bond donors (Lipinski definition) is 2. The number of nitrogens with one attached hydrogen (secondary N) is 1. The van der Waals surface area contributed by atoms with E-state index >= 15 is 0 Å². The zero-order valence-electron chi connectivity index (χ0n) is 10.6. The van der Waals surface area contributed by atoms with Gasteiger partial charge in [0.15, 0.2) is 0 Å². The molecule has 0 aromatic rings. The fourth-order valence-electron chi connectivity index (χ4n) is 2.86. The van der Waals surface area contributed by atoms with Gasteiger partial charge < -0.3 is 15.2 Å². The largest absolute Gasteiger partial charge is 0.480 e. The minimum Gasteiger partial charge on any atom is -0.480 e. The highest BCUT2D eigenvalue weighted by molar-refractivity contribution is 5.85. The van der Waals surface area contributed by atoms with Crippen LogP contribution in [-0.2, 0) is 14.3 Å². The molecule has 0 spiro atoms. The molecule has 1 aliphatic heterocycles. The Morgan fingerprint density at radius 2 is 1.89 bits per heavy atom. The molecule has 2 fully saturated rings. The van der Waals surface area contributed by atoms with Gasteiger partial charge in [0.05, 0.1) is 12.5 Å². The first kappa shape index (κ1) is 13.3. The molecule has 1 heterocycles. The van der Waals surface area contributed by atoms with Gasteiger partial charge in [-0.25, -0.2) is 4.79 Å². The Labute approximate surface area is 107 Å². The molecule has 1 aliphatic carbocycles. The van der Waals surface area contributed by atoms with E-state index in [2.05, 4.69) is 5.32 Å². The maximum absolute atomic E-state index is 11.9. The van der Waals surface area contributed by atoms with Crippen LogP contribution in [0, 0.1) is 11.8 Å². The molecule has 102 valence electrons. The summed E-state index contributed by atoms with van der Waals surface area (Å²) in [6, 6.07) is -0.724. The van der Waals surface area contributed by atoms with Crippen molar-refractivity contribution in [3.8, 4) is 0 Å². The van der Waals surface area contributed by atoms with Crippen molar-refractivity contribution in [2.24, 2.45) is 11.8 Å². The van der Waals surface area contributed by atoms with Crippen molar-refractivity contribution in [2.45, 2.75) is 44.6 Å². The van der Waals surface area contributed by atoms with Gasteiger partial charge in [0.1, 0.15) is 6.04 Å². The van der Waals surface area contributed by atoms with Crippen molar-refractivity contribution >= 4 is 11.9 Å². The standard InChI is InChI=1S/C13H21NO4/c15-12(10-6-7-18-8-10)14-11(13(16)17)9-4-2-1-3-5-9/h9-11H,1-8H2,(H,14,15)(H,16,17)/t10-,11-/m1/s1. The topological polar surface area (TPSA) is 75.6 Å². The Morgan fingerprint density at radius 3 is 2.44 bits per heavy atom. The Bertz CT molecular complexity index is 306. The highest BCUT2D eigenvalue weighted by Crippen LogP contribution is 2.27. The molecular weight excluding hydrogens is 234 g/mol. The minimum atomic E-state index is -0.908. The summed E-state index contributed by atoms with van der Waals surface area (Å²) in [5.41, 5.74) is 0. The number of rotatable bonds is 4. The Balaban J connectivity index is 1.92. The highest BCUT2D eigenvalue weighted by Gasteiger charge is 2.33.